The first-order valence-electron chi connectivity index (χ1n) is 9.28. The van der Waals surface area contributed by atoms with Crippen molar-refractivity contribution in [1.29, 1.82) is 0 Å². The molecule has 0 aliphatic carbocycles. The number of hydrogen-bond donors (Lipinski definition) is 2. The van der Waals surface area contributed by atoms with Gasteiger partial charge in [-0.05, 0) is 50.5 Å². The lowest BCUT2D eigenvalue weighted by atomic mass is 10.1. The van der Waals surface area contributed by atoms with Crippen LogP contribution < -0.4 is 15.9 Å². The lowest BCUT2D eigenvalue weighted by Crippen LogP contribution is -2.24. The van der Waals surface area contributed by atoms with E-state index in [2.05, 4.69) is 15.5 Å². The maximum absolute atomic E-state index is 12.5. The number of para-hydroxylation sites is 2. The number of carbonyl (C=O) groups is 1. The summed E-state index contributed by atoms with van der Waals surface area (Å²) >= 11 is 1.25. The molecule has 0 bridgehead atoms. The van der Waals surface area contributed by atoms with E-state index >= 15 is 0 Å². The SMILES string of the molecule is Cc1ccccc1NC(=O)[C@H](C)Sc1nnc(COc2c(C)cccc2C)n1N. The highest BCUT2D eigenvalue weighted by Gasteiger charge is 2.20. The summed E-state index contributed by atoms with van der Waals surface area (Å²) in [5, 5.41) is 11.2. The fourth-order valence-corrected chi connectivity index (χ4v) is 3.60. The molecule has 2 aromatic carbocycles. The monoisotopic (exact) mass is 411 g/mol. The van der Waals surface area contributed by atoms with E-state index in [1.165, 1.54) is 16.4 Å². The minimum atomic E-state index is -0.395. The number of thioether (sulfide) groups is 1. The molecule has 0 radical (unpaired) electrons. The van der Waals surface area contributed by atoms with Crippen molar-refractivity contribution < 1.29 is 9.53 Å². The van der Waals surface area contributed by atoms with E-state index in [1.54, 1.807) is 6.92 Å². The quantitative estimate of drug-likeness (QED) is 0.455. The number of aryl methyl sites for hydroxylation is 3. The lowest BCUT2D eigenvalue weighted by Gasteiger charge is -2.13. The number of aromatic nitrogens is 3. The second-order valence-corrected chi connectivity index (χ2v) is 8.15. The Morgan fingerprint density at radius 2 is 1.76 bits per heavy atom. The third kappa shape index (κ3) is 4.89. The van der Waals surface area contributed by atoms with Gasteiger partial charge in [0.15, 0.2) is 5.82 Å². The van der Waals surface area contributed by atoms with Crippen molar-refractivity contribution in [1.82, 2.24) is 14.9 Å². The summed E-state index contributed by atoms with van der Waals surface area (Å²) in [6, 6.07) is 13.6. The van der Waals surface area contributed by atoms with Crippen molar-refractivity contribution in [3.05, 3.63) is 65.0 Å². The predicted octanol–water partition coefficient (Wildman–Crippen LogP) is 3.62. The summed E-state index contributed by atoms with van der Waals surface area (Å²) in [4.78, 5) is 12.5. The highest BCUT2D eigenvalue weighted by Crippen LogP contribution is 2.25. The van der Waals surface area contributed by atoms with Crippen molar-refractivity contribution in [3.8, 4) is 5.75 Å². The topological polar surface area (TPSA) is 95.1 Å². The van der Waals surface area contributed by atoms with E-state index in [9.17, 15) is 4.79 Å². The van der Waals surface area contributed by atoms with Gasteiger partial charge in [0.05, 0.1) is 5.25 Å². The first-order valence-corrected chi connectivity index (χ1v) is 10.2. The molecule has 7 nitrogen and oxygen atoms in total. The molecule has 1 amide bonds. The van der Waals surface area contributed by atoms with Crippen LogP contribution in [0.15, 0.2) is 47.6 Å². The average Bonchev–Trinajstić information content (AvgIpc) is 3.03. The summed E-state index contributed by atoms with van der Waals surface area (Å²) in [6.45, 7) is 7.93. The molecule has 3 N–H and O–H groups in total. The number of carbonyl (C=O) groups excluding carboxylic acids is 1. The van der Waals surface area contributed by atoms with Gasteiger partial charge in [0.25, 0.3) is 0 Å². The van der Waals surface area contributed by atoms with Gasteiger partial charge < -0.3 is 15.9 Å². The zero-order chi connectivity index (χ0) is 21.0. The third-order valence-electron chi connectivity index (χ3n) is 4.54. The van der Waals surface area contributed by atoms with E-state index < -0.39 is 5.25 Å². The molecule has 0 aliphatic rings. The van der Waals surface area contributed by atoms with Gasteiger partial charge in [0, 0.05) is 5.69 Å². The van der Waals surface area contributed by atoms with E-state index in [4.69, 9.17) is 10.6 Å². The van der Waals surface area contributed by atoms with Crippen molar-refractivity contribution >= 4 is 23.4 Å². The van der Waals surface area contributed by atoms with Gasteiger partial charge in [-0.3, -0.25) is 4.79 Å². The Morgan fingerprint density at radius 3 is 2.45 bits per heavy atom. The molecule has 0 unspecified atom stereocenters. The number of benzene rings is 2. The Hall–Kier alpha value is -3.00. The number of nitrogens with zero attached hydrogens (tertiary/aromatic N) is 3. The maximum atomic E-state index is 12.5. The molecule has 0 spiro atoms. The molecule has 1 atom stereocenters. The number of hydrogen-bond acceptors (Lipinski definition) is 6. The number of amides is 1. The molecular formula is C21H25N5O2S. The molecule has 152 valence electrons. The van der Waals surface area contributed by atoms with E-state index in [0.717, 1.165) is 28.1 Å². The normalized spacial score (nSPS) is 11.9. The Labute approximate surface area is 174 Å². The second kappa shape index (κ2) is 9.00. The molecule has 1 aromatic heterocycles. The predicted molar refractivity (Wildman–Crippen MR) is 116 cm³/mol. The maximum Gasteiger partial charge on any atom is 0.237 e. The summed E-state index contributed by atoms with van der Waals surface area (Å²) < 4.78 is 7.27. The van der Waals surface area contributed by atoms with Crippen LogP contribution in [0.3, 0.4) is 0 Å². The second-order valence-electron chi connectivity index (χ2n) is 6.84. The van der Waals surface area contributed by atoms with Crippen LogP contribution in [0.1, 0.15) is 29.4 Å². The Balaban J connectivity index is 1.63. The summed E-state index contributed by atoms with van der Waals surface area (Å²) in [5.41, 5.74) is 3.89. The Bertz CT molecular complexity index is 998. The minimum Gasteiger partial charge on any atom is -0.485 e. The van der Waals surface area contributed by atoms with Crippen LogP contribution >= 0.6 is 11.8 Å². The van der Waals surface area contributed by atoms with Crippen LogP contribution in [-0.4, -0.2) is 26.0 Å². The van der Waals surface area contributed by atoms with Crippen molar-refractivity contribution in [2.24, 2.45) is 0 Å². The van der Waals surface area contributed by atoms with Gasteiger partial charge >= 0.3 is 0 Å². The van der Waals surface area contributed by atoms with Crippen LogP contribution in [0, 0.1) is 20.8 Å². The molecular weight excluding hydrogens is 386 g/mol. The van der Waals surface area contributed by atoms with Gasteiger partial charge in [-0.25, -0.2) is 4.68 Å². The van der Waals surface area contributed by atoms with E-state index in [1.807, 2.05) is 63.2 Å². The molecule has 0 aliphatic heterocycles. The number of anilines is 1. The van der Waals surface area contributed by atoms with Gasteiger partial charge in [0.2, 0.25) is 11.1 Å². The molecule has 0 saturated heterocycles. The first-order chi connectivity index (χ1) is 13.9. The molecule has 3 aromatic rings. The van der Waals surface area contributed by atoms with Crippen LogP contribution in [0.25, 0.3) is 0 Å². The van der Waals surface area contributed by atoms with Crippen LogP contribution in [0.2, 0.25) is 0 Å². The lowest BCUT2D eigenvalue weighted by molar-refractivity contribution is -0.115. The highest BCUT2D eigenvalue weighted by atomic mass is 32.2. The molecule has 1 heterocycles. The molecule has 8 heteroatoms. The largest absolute Gasteiger partial charge is 0.485 e. The number of rotatable bonds is 7. The first kappa shape index (κ1) is 20.7. The Morgan fingerprint density at radius 1 is 1.10 bits per heavy atom. The molecule has 3 rings (SSSR count). The standard InChI is InChI=1S/C21H25N5O2S/c1-13-8-5-6-11-17(13)23-20(27)16(4)29-21-25-24-18(26(21)22)12-28-19-14(2)9-7-10-15(19)3/h5-11,16H,12,22H2,1-4H3,(H,23,27)/t16-/m0/s1. The smallest absolute Gasteiger partial charge is 0.237 e. The number of nitrogens with one attached hydrogen (secondary N) is 1. The van der Waals surface area contributed by atoms with Crippen molar-refractivity contribution in [2.45, 2.75) is 44.7 Å². The molecule has 0 saturated carbocycles. The van der Waals surface area contributed by atoms with Gasteiger partial charge in [-0.15, -0.1) is 10.2 Å². The van der Waals surface area contributed by atoms with Gasteiger partial charge in [0.1, 0.15) is 12.4 Å². The number of nitrogen functional groups attached to an aromatic ring is 1. The molecule has 0 fully saturated rings. The van der Waals surface area contributed by atoms with E-state index in [0.29, 0.717) is 11.0 Å². The number of ether oxygens (including phenoxy) is 1. The highest BCUT2D eigenvalue weighted by molar-refractivity contribution is 8.00. The average molecular weight is 412 g/mol. The number of nitrogens with two attached hydrogens (primary N) is 1. The minimum absolute atomic E-state index is 0.124. The fourth-order valence-electron chi connectivity index (χ4n) is 2.81. The summed E-state index contributed by atoms with van der Waals surface area (Å²) in [7, 11) is 0. The Kier molecular flexibility index (Phi) is 6.43. The van der Waals surface area contributed by atoms with Gasteiger partial charge in [-0.2, -0.15) is 0 Å². The fraction of sp³-hybridized carbons (Fsp3) is 0.286. The van der Waals surface area contributed by atoms with Crippen LogP contribution in [-0.2, 0) is 11.4 Å². The van der Waals surface area contributed by atoms with Crippen LogP contribution in [0.4, 0.5) is 5.69 Å². The van der Waals surface area contributed by atoms with E-state index in [-0.39, 0.29) is 12.5 Å². The van der Waals surface area contributed by atoms with Crippen LogP contribution in [0.5, 0.6) is 5.75 Å². The van der Waals surface area contributed by atoms with Gasteiger partial charge in [-0.1, -0.05) is 48.2 Å². The zero-order valence-corrected chi connectivity index (χ0v) is 17.8. The summed E-state index contributed by atoms with van der Waals surface area (Å²) in [6.07, 6.45) is 0. The molecule has 29 heavy (non-hydrogen) atoms. The third-order valence-corrected chi connectivity index (χ3v) is 5.60. The van der Waals surface area contributed by atoms with Crippen molar-refractivity contribution in [3.63, 3.8) is 0 Å². The zero-order valence-electron chi connectivity index (χ0n) is 17.0. The van der Waals surface area contributed by atoms with Crippen molar-refractivity contribution in [2.75, 3.05) is 11.2 Å². The summed E-state index contributed by atoms with van der Waals surface area (Å²) in [5.74, 6) is 7.31.